The Hall–Kier alpha value is -0.920. The van der Waals surface area contributed by atoms with E-state index in [4.69, 9.17) is 0 Å². The monoisotopic (exact) mass is 404 g/mol. The zero-order chi connectivity index (χ0) is 17.3. The summed E-state index contributed by atoms with van der Waals surface area (Å²) in [6.45, 7) is 2.57. The lowest BCUT2D eigenvalue weighted by atomic mass is 10.1. The Morgan fingerprint density at radius 1 is 1.13 bits per heavy atom. The molecular formula is C16H25BrN2O3S. The van der Waals surface area contributed by atoms with Crippen LogP contribution in [0.5, 0.6) is 0 Å². The molecule has 0 atom stereocenters. The first-order valence-electron chi connectivity index (χ1n) is 7.86. The highest BCUT2D eigenvalue weighted by Gasteiger charge is 2.22. The molecule has 130 valence electrons. The molecule has 0 radical (unpaired) electrons. The van der Waals surface area contributed by atoms with Gasteiger partial charge in [-0.1, -0.05) is 48.5 Å². The Morgan fingerprint density at radius 2 is 1.74 bits per heavy atom. The van der Waals surface area contributed by atoms with Crippen LogP contribution in [0.4, 0.5) is 0 Å². The van der Waals surface area contributed by atoms with Crippen molar-refractivity contribution in [2.75, 3.05) is 20.1 Å². The SMILES string of the molecule is CCCCCCCNC(=O)CN(C)S(=O)(=O)c1ccc(Br)cc1. The van der Waals surface area contributed by atoms with Gasteiger partial charge in [-0.2, -0.15) is 4.31 Å². The van der Waals surface area contributed by atoms with Crippen molar-refractivity contribution in [2.45, 2.75) is 43.9 Å². The number of unbranched alkanes of at least 4 members (excludes halogenated alkanes) is 4. The number of amides is 1. The van der Waals surface area contributed by atoms with E-state index in [9.17, 15) is 13.2 Å². The van der Waals surface area contributed by atoms with Gasteiger partial charge >= 0.3 is 0 Å². The van der Waals surface area contributed by atoms with Gasteiger partial charge < -0.3 is 5.32 Å². The van der Waals surface area contributed by atoms with Crippen molar-refractivity contribution < 1.29 is 13.2 Å². The molecule has 0 saturated carbocycles. The van der Waals surface area contributed by atoms with Gasteiger partial charge in [0.2, 0.25) is 15.9 Å². The Labute approximate surface area is 147 Å². The van der Waals surface area contributed by atoms with E-state index in [2.05, 4.69) is 28.2 Å². The van der Waals surface area contributed by atoms with Crippen molar-refractivity contribution in [1.82, 2.24) is 9.62 Å². The number of nitrogens with zero attached hydrogens (tertiary/aromatic N) is 1. The molecule has 1 aromatic carbocycles. The molecular weight excluding hydrogens is 380 g/mol. The second-order valence-electron chi connectivity index (χ2n) is 5.48. The summed E-state index contributed by atoms with van der Waals surface area (Å²) in [5.41, 5.74) is 0. The third kappa shape index (κ3) is 7.01. The molecule has 0 aliphatic rings. The van der Waals surface area contributed by atoms with Crippen molar-refractivity contribution in [3.63, 3.8) is 0 Å². The van der Waals surface area contributed by atoms with E-state index >= 15 is 0 Å². The smallest absolute Gasteiger partial charge is 0.243 e. The number of carbonyl (C=O) groups excluding carboxylic acids is 1. The molecule has 1 aromatic rings. The van der Waals surface area contributed by atoms with Crippen LogP contribution in [0.2, 0.25) is 0 Å². The minimum absolute atomic E-state index is 0.173. The van der Waals surface area contributed by atoms with Crippen LogP contribution in [0.1, 0.15) is 39.0 Å². The fraction of sp³-hybridized carbons (Fsp3) is 0.562. The molecule has 0 bridgehead atoms. The Kier molecular flexibility index (Phi) is 8.79. The summed E-state index contributed by atoms with van der Waals surface area (Å²) in [5.74, 6) is -0.274. The van der Waals surface area contributed by atoms with Gasteiger partial charge in [-0.15, -0.1) is 0 Å². The molecule has 5 nitrogen and oxygen atoms in total. The normalized spacial score (nSPS) is 11.7. The van der Waals surface area contributed by atoms with Crippen molar-refractivity contribution >= 4 is 31.9 Å². The van der Waals surface area contributed by atoms with Gasteiger partial charge in [0.1, 0.15) is 0 Å². The second-order valence-corrected chi connectivity index (χ2v) is 8.44. The Bertz CT molecular complexity index is 588. The molecule has 0 fully saturated rings. The van der Waals surface area contributed by atoms with Crippen LogP contribution in [0.25, 0.3) is 0 Å². The summed E-state index contributed by atoms with van der Waals surface area (Å²) in [6, 6.07) is 6.36. The minimum Gasteiger partial charge on any atom is -0.355 e. The molecule has 0 spiro atoms. The van der Waals surface area contributed by atoms with Gasteiger partial charge in [0, 0.05) is 18.1 Å². The van der Waals surface area contributed by atoms with E-state index in [0.29, 0.717) is 6.54 Å². The number of hydrogen-bond acceptors (Lipinski definition) is 3. The first-order valence-corrected chi connectivity index (χ1v) is 10.1. The molecule has 0 aromatic heterocycles. The number of rotatable bonds is 10. The Balaban J connectivity index is 2.43. The van der Waals surface area contributed by atoms with Gasteiger partial charge in [-0.25, -0.2) is 8.42 Å². The summed E-state index contributed by atoms with van der Waals surface area (Å²) < 4.78 is 26.6. The van der Waals surface area contributed by atoms with E-state index in [1.165, 1.54) is 38.4 Å². The van der Waals surface area contributed by atoms with Gasteiger partial charge in [-0.05, 0) is 30.7 Å². The zero-order valence-corrected chi connectivity index (χ0v) is 16.1. The number of likely N-dealkylation sites (N-methyl/N-ethyl adjacent to an activating group) is 1. The number of carbonyl (C=O) groups is 1. The molecule has 7 heteroatoms. The van der Waals surface area contributed by atoms with Crippen LogP contribution in [0.15, 0.2) is 33.6 Å². The number of nitrogens with one attached hydrogen (secondary N) is 1. The van der Waals surface area contributed by atoms with Crippen LogP contribution in [-0.2, 0) is 14.8 Å². The molecule has 0 heterocycles. The maximum absolute atomic E-state index is 12.4. The number of halogens is 1. The van der Waals surface area contributed by atoms with Crippen molar-refractivity contribution in [3.8, 4) is 0 Å². The summed E-state index contributed by atoms with van der Waals surface area (Å²) in [6.07, 6.45) is 5.58. The average Bonchev–Trinajstić information content (AvgIpc) is 2.51. The van der Waals surface area contributed by atoms with Crippen LogP contribution in [-0.4, -0.2) is 38.8 Å². The van der Waals surface area contributed by atoms with Crippen LogP contribution >= 0.6 is 15.9 Å². The lowest BCUT2D eigenvalue weighted by Gasteiger charge is -2.17. The van der Waals surface area contributed by atoms with E-state index in [0.717, 1.165) is 21.6 Å². The van der Waals surface area contributed by atoms with Crippen LogP contribution < -0.4 is 5.32 Å². The first kappa shape index (κ1) is 20.1. The van der Waals surface area contributed by atoms with Gasteiger partial charge in [0.25, 0.3) is 0 Å². The third-order valence-electron chi connectivity index (χ3n) is 3.49. The summed E-state index contributed by atoms with van der Waals surface area (Å²) in [7, 11) is -2.23. The molecule has 23 heavy (non-hydrogen) atoms. The fourth-order valence-corrected chi connectivity index (χ4v) is 3.48. The molecule has 1 N–H and O–H groups in total. The van der Waals surface area contributed by atoms with Crippen LogP contribution in [0, 0.1) is 0 Å². The van der Waals surface area contributed by atoms with Crippen molar-refractivity contribution in [1.29, 1.82) is 0 Å². The summed E-state index contributed by atoms with van der Waals surface area (Å²) in [5, 5.41) is 2.77. The molecule has 0 unspecified atom stereocenters. The number of hydrogen-bond donors (Lipinski definition) is 1. The van der Waals surface area contributed by atoms with Crippen LogP contribution in [0.3, 0.4) is 0 Å². The zero-order valence-electron chi connectivity index (χ0n) is 13.7. The van der Waals surface area contributed by atoms with E-state index in [1.54, 1.807) is 12.1 Å². The molecule has 0 saturated heterocycles. The second kappa shape index (κ2) is 10.1. The quantitative estimate of drug-likeness (QED) is 0.608. The van der Waals surface area contributed by atoms with Crippen molar-refractivity contribution in [3.05, 3.63) is 28.7 Å². The largest absolute Gasteiger partial charge is 0.355 e. The number of benzene rings is 1. The van der Waals surface area contributed by atoms with Gasteiger partial charge in [-0.3, -0.25) is 4.79 Å². The topological polar surface area (TPSA) is 66.5 Å². The highest BCUT2D eigenvalue weighted by Crippen LogP contribution is 2.17. The number of sulfonamides is 1. The van der Waals surface area contributed by atoms with E-state index in [1.807, 2.05) is 0 Å². The van der Waals surface area contributed by atoms with E-state index < -0.39 is 10.0 Å². The standard InChI is InChI=1S/C16H25BrN2O3S/c1-3-4-5-6-7-12-18-16(20)13-19(2)23(21,22)15-10-8-14(17)9-11-15/h8-11H,3-7,12-13H2,1-2H3,(H,18,20). The molecule has 1 amide bonds. The maximum atomic E-state index is 12.4. The molecule has 0 aliphatic carbocycles. The third-order valence-corrected chi connectivity index (χ3v) is 5.84. The Morgan fingerprint density at radius 3 is 2.35 bits per heavy atom. The highest BCUT2D eigenvalue weighted by molar-refractivity contribution is 9.10. The minimum atomic E-state index is -3.64. The summed E-state index contributed by atoms with van der Waals surface area (Å²) >= 11 is 3.27. The lowest BCUT2D eigenvalue weighted by molar-refractivity contribution is -0.121. The molecule has 0 aliphatic heterocycles. The predicted octanol–water partition coefficient (Wildman–Crippen LogP) is 3.16. The van der Waals surface area contributed by atoms with Crippen molar-refractivity contribution in [2.24, 2.45) is 0 Å². The maximum Gasteiger partial charge on any atom is 0.243 e. The highest BCUT2D eigenvalue weighted by atomic mass is 79.9. The van der Waals surface area contributed by atoms with Gasteiger partial charge in [0.15, 0.2) is 0 Å². The van der Waals surface area contributed by atoms with Gasteiger partial charge in [0.05, 0.1) is 11.4 Å². The average molecular weight is 405 g/mol. The van der Waals surface area contributed by atoms with E-state index in [-0.39, 0.29) is 17.3 Å². The first-order chi connectivity index (χ1) is 10.9. The fourth-order valence-electron chi connectivity index (χ4n) is 2.09. The molecule has 1 rings (SSSR count). The lowest BCUT2D eigenvalue weighted by Crippen LogP contribution is -2.38. The predicted molar refractivity (Wildman–Crippen MR) is 95.7 cm³/mol. The summed E-state index contributed by atoms with van der Waals surface area (Å²) in [4.78, 5) is 12.0.